The number of methoxy groups -OCH3 is 3. The van der Waals surface area contributed by atoms with Crippen molar-refractivity contribution in [1.82, 2.24) is 0 Å². The average molecular weight is 355 g/mol. The molecule has 0 fully saturated rings. The highest BCUT2D eigenvalue weighted by atomic mass is 16.5. The van der Waals surface area contributed by atoms with Crippen molar-refractivity contribution < 1.29 is 23.8 Å². The molecule has 0 saturated carbocycles. The van der Waals surface area contributed by atoms with E-state index in [9.17, 15) is 9.59 Å². The molecule has 0 aromatic heterocycles. The Labute approximate surface area is 152 Å². The van der Waals surface area contributed by atoms with Gasteiger partial charge < -0.3 is 19.5 Å². The fourth-order valence-corrected chi connectivity index (χ4v) is 2.38. The zero-order chi connectivity index (χ0) is 19.1. The number of rotatable bonds is 6. The highest BCUT2D eigenvalue weighted by Gasteiger charge is 2.09. The van der Waals surface area contributed by atoms with E-state index < -0.39 is 5.97 Å². The zero-order valence-electron chi connectivity index (χ0n) is 15.2. The number of hydrogen-bond acceptors (Lipinski definition) is 5. The van der Waals surface area contributed by atoms with E-state index in [0.717, 1.165) is 11.1 Å². The van der Waals surface area contributed by atoms with Gasteiger partial charge in [-0.1, -0.05) is 0 Å². The van der Waals surface area contributed by atoms with Crippen molar-refractivity contribution >= 4 is 23.1 Å². The molecule has 6 nitrogen and oxygen atoms in total. The van der Waals surface area contributed by atoms with E-state index in [4.69, 9.17) is 9.47 Å². The fraction of sp³-hybridized carbons (Fsp3) is 0.200. The van der Waals surface area contributed by atoms with Crippen LogP contribution in [0, 0.1) is 0 Å². The Kier molecular flexibility index (Phi) is 6.38. The molecule has 136 valence electrons. The van der Waals surface area contributed by atoms with Gasteiger partial charge in [-0.2, -0.15) is 0 Å². The molecule has 0 bridgehead atoms. The first kappa shape index (κ1) is 19.1. The lowest BCUT2D eigenvalue weighted by atomic mass is 10.1. The third-order valence-electron chi connectivity index (χ3n) is 3.75. The van der Waals surface area contributed by atoms with Crippen molar-refractivity contribution in [2.75, 3.05) is 26.6 Å². The highest BCUT2D eigenvalue weighted by molar-refractivity contribution is 6.04. The van der Waals surface area contributed by atoms with Crippen LogP contribution in [0.3, 0.4) is 0 Å². The van der Waals surface area contributed by atoms with Gasteiger partial charge in [0.1, 0.15) is 11.5 Å². The third-order valence-corrected chi connectivity index (χ3v) is 3.75. The van der Waals surface area contributed by atoms with Gasteiger partial charge in [0.25, 0.3) is 0 Å². The minimum atomic E-state index is -0.426. The maximum atomic E-state index is 12.2. The largest absolute Gasteiger partial charge is 0.497 e. The minimum absolute atomic E-state index is 0.286. The Morgan fingerprint density at radius 3 is 2.23 bits per heavy atom. The van der Waals surface area contributed by atoms with E-state index in [2.05, 4.69) is 10.1 Å². The number of esters is 1. The van der Waals surface area contributed by atoms with E-state index in [1.54, 1.807) is 50.6 Å². The van der Waals surface area contributed by atoms with Crippen LogP contribution in [-0.4, -0.2) is 33.2 Å². The Balaban J connectivity index is 2.14. The number of benzene rings is 2. The van der Waals surface area contributed by atoms with Crippen LogP contribution < -0.4 is 14.8 Å². The molecule has 0 unspecified atom stereocenters. The van der Waals surface area contributed by atoms with Gasteiger partial charge in [-0.15, -0.1) is 0 Å². The molecule has 1 N–H and O–H groups in total. The molecule has 2 aromatic rings. The molecule has 0 aliphatic carbocycles. The van der Waals surface area contributed by atoms with Crippen LogP contribution in [0.15, 0.2) is 48.5 Å². The lowest BCUT2D eigenvalue weighted by Gasteiger charge is -2.11. The lowest BCUT2D eigenvalue weighted by Crippen LogP contribution is -2.09. The van der Waals surface area contributed by atoms with Crippen molar-refractivity contribution in [2.45, 2.75) is 6.92 Å². The topological polar surface area (TPSA) is 73.9 Å². The number of anilines is 1. The van der Waals surface area contributed by atoms with E-state index in [-0.39, 0.29) is 5.91 Å². The van der Waals surface area contributed by atoms with Crippen molar-refractivity contribution in [3.05, 3.63) is 59.7 Å². The van der Waals surface area contributed by atoms with Gasteiger partial charge in [-0.25, -0.2) is 4.79 Å². The molecular weight excluding hydrogens is 334 g/mol. The van der Waals surface area contributed by atoms with Crippen molar-refractivity contribution in [3.63, 3.8) is 0 Å². The smallest absolute Gasteiger partial charge is 0.337 e. The summed E-state index contributed by atoms with van der Waals surface area (Å²) in [5.74, 6) is 0.582. The molecule has 0 saturated heterocycles. The number of allylic oxidation sites excluding steroid dienone is 1. The van der Waals surface area contributed by atoms with Gasteiger partial charge in [0, 0.05) is 23.4 Å². The van der Waals surface area contributed by atoms with Gasteiger partial charge in [0.05, 0.1) is 26.9 Å². The Bertz CT molecular complexity index is 825. The van der Waals surface area contributed by atoms with Crippen LogP contribution in [0.1, 0.15) is 22.8 Å². The van der Waals surface area contributed by atoms with Gasteiger partial charge in [0.2, 0.25) is 5.91 Å². The van der Waals surface area contributed by atoms with Gasteiger partial charge >= 0.3 is 5.97 Å². The highest BCUT2D eigenvalue weighted by Crippen LogP contribution is 2.29. The summed E-state index contributed by atoms with van der Waals surface area (Å²) in [5, 5.41) is 2.75. The standard InChI is InChI=1S/C20H21NO5/c1-13(17-10-9-16(24-2)12-18(17)25-3)11-19(22)21-15-7-5-14(6-8-15)20(23)26-4/h5-12H,1-4H3,(H,21,22)/b13-11+. The second-order valence-electron chi connectivity index (χ2n) is 5.45. The van der Waals surface area contributed by atoms with E-state index in [0.29, 0.717) is 22.7 Å². The summed E-state index contributed by atoms with van der Waals surface area (Å²) in [6.07, 6.45) is 1.48. The van der Waals surface area contributed by atoms with Crippen molar-refractivity contribution in [2.24, 2.45) is 0 Å². The van der Waals surface area contributed by atoms with Gasteiger partial charge in [0.15, 0.2) is 0 Å². The normalized spacial score (nSPS) is 10.8. The number of carbonyl (C=O) groups is 2. The van der Waals surface area contributed by atoms with Crippen LogP contribution in [0.4, 0.5) is 5.69 Å². The van der Waals surface area contributed by atoms with Crippen LogP contribution in [0.25, 0.3) is 5.57 Å². The molecule has 1 amide bonds. The molecule has 26 heavy (non-hydrogen) atoms. The number of carbonyl (C=O) groups excluding carboxylic acids is 2. The Morgan fingerprint density at radius 1 is 0.962 bits per heavy atom. The summed E-state index contributed by atoms with van der Waals surface area (Å²) >= 11 is 0. The lowest BCUT2D eigenvalue weighted by molar-refractivity contribution is -0.111. The van der Waals surface area contributed by atoms with E-state index in [1.807, 2.05) is 13.0 Å². The molecule has 6 heteroatoms. The summed E-state index contributed by atoms with van der Waals surface area (Å²) in [6.45, 7) is 1.82. The second kappa shape index (κ2) is 8.71. The summed E-state index contributed by atoms with van der Waals surface area (Å²) < 4.78 is 15.2. The quantitative estimate of drug-likeness (QED) is 0.634. The Hall–Kier alpha value is -3.28. The summed E-state index contributed by atoms with van der Waals surface area (Å²) in [7, 11) is 4.46. The molecule has 0 atom stereocenters. The van der Waals surface area contributed by atoms with E-state index >= 15 is 0 Å². The molecule has 2 aromatic carbocycles. The third kappa shape index (κ3) is 4.63. The van der Waals surface area contributed by atoms with Crippen molar-refractivity contribution in [3.8, 4) is 11.5 Å². The van der Waals surface area contributed by atoms with Crippen LogP contribution in [0.2, 0.25) is 0 Å². The maximum Gasteiger partial charge on any atom is 0.337 e. The Morgan fingerprint density at radius 2 is 1.65 bits per heavy atom. The number of nitrogens with one attached hydrogen (secondary N) is 1. The maximum absolute atomic E-state index is 12.2. The number of ether oxygens (including phenoxy) is 3. The van der Waals surface area contributed by atoms with Crippen molar-refractivity contribution in [1.29, 1.82) is 0 Å². The van der Waals surface area contributed by atoms with Crippen LogP contribution >= 0.6 is 0 Å². The van der Waals surface area contributed by atoms with Gasteiger partial charge in [-0.3, -0.25) is 4.79 Å². The first-order valence-corrected chi connectivity index (χ1v) is 7.88. The molecule has 0 heterocycles. The molecule has 0 spiro atoms. The second-order valence-corrected chi connectivity index (χ2v) is 5.45. The molecule has 0 aliphatic heterocycles. The monoisotopic (exact) mass is 355 g/mol. The van der Waals surface area contributed by atoms with E-state index in [1.165, 1.54) is 13.2 Å². The molecule has 2 rings (SSSR count). The minimum Gasteiger partial charge on any atom is -0.497 e. The summed E-state index contributed by atoms with van der Waals surface area (Å²) in [4.78, 5) is 23.7. The summed E-state index contributed by atoms with van der Waals surface area (Å²) in [5.41, 5.74) is 2.53. The number of hydrogen-bond donors (Lipinski definition) is 1. The fourth-order valence-electron chi connectivity index (χ4n) is 2.38. The molecular formula is C20H21NO5. The van der Waals surface area contributed by atoms with Crippen LogP contribution in [-0.2, 0) is 9.53 Å². The number of amides is 1. The summed E-state index contributed by atoms with van der Waals surface area (Å²) in [6, 6.07) is 11.9. The van der Waals surface area contributed by atoms with Crippen LogP contribution in [0.5, 0.6) is 11.5 Å². The SMILES string of the molecule is COC(=O)c1ccc(NC(=O)/C=C(\C)c2ccc(OC)cc2OC)cc1. The first-order valence-electron chi connectivity index (χ1n) is 7.88. The predicted molar refractivity (Wildman–Crippen MR) is 99.6 cm³/mol. The predicted octanol–water partition coefficient (Wildman–Crippen LogP) is 3.53. The van der Waals surface area contributed by atoms with Gasteiger partial charge in [-0.05, 0) is 48.9 Å². The first-order chi connectivity index (χ1) is 12.5. The molecule has 0 aliphatic rings. The zero-order valence-corrected chi connectivity index (χ0v) is 15.2. The molecule has 0 radical (unpaired) electrons. The average Bonchev–Trinajstić information content (AvgIpc) is 2.67.